The number of hydrogen-bond acceptors (Lipinski definition) is 4. The molecule has 152 valence electrons. The Labute approximate surface area is 174 Å². The maximum Gasteiger partial charge on any atom is 0.225 e. The van der Waals surface area contributed by atoms with Crippen LogP contribution in [0.25, 0.3) is 0 Å². The Bertz CT molecular complexity index is 615. The Balaban J connectivity index is 0.00000338. The summed E-state index contributed by atoms with van der Waals surface area (Å²) in [4.78, 5) is 18.6. The van der Waals surface area contributed by atoms with Crippen molar-refractivity contribution >= 4 is 45.7 Å². The summed E-state index contributed by atoms with van der Waals surface area (Å²) >= 11 is 0. The number of hydrogen-bond donors (Lipinski definition) is 2. The quantitative estimate of drug-likeness (QED) is 0.338. The van der Waals surface area contributed by atoms with Crippen LogP contribution in [0.3, 0.4) is 0 Å². The van der Waals surface area contributed by atoms with Crippen molar-refractivity contribution in [1.82, 2.24) is 15.5 Å². The summed E-state index contributed by atoms with van der Waals surface area (Å²) < 4.78 is 22.7. The number of guanidine groups is 1. The van der Waals surface area contributed by atoms with Crippen LogP contribution in [0.1, 0.15) is 46.0 Å². The first-order valence-electron chi connectivity index (χ1n) is 9.09. The van der Waals surface area contributed by atoms with E-state index in [1.54, 1.807) is 20.9 Å². The van der Waals surface area contributed by atoms with Crippen molar-refractivity contribution in [2.45, 2.75) is 56.7 Å². The lowest BCUT2D eigenvalue weighted by atomic mass is 10.1. The molecule has 0 aromatic heterocycles. The molecular formula is C17H33IN4O3S. The fourth-order valence-electron chi connectivity index (χ4n) is 3.32. The van der Waals surface area contributed by atoms with Gasteiger partial charge >= 0.3 is 0 Å². The van der Waals surface area contributed by atoms with Crippen LogP contribution in [-0.4, -0.2) is 68.9 Å². The normalized spacial score (nSPS) is 22.2. The molecule has 1 amide bonds. The minimum absolute atomic E-state index is 0. The van der Waals surface area contributed by atoms with Gasteiger partial charge in [-0.05, 0) is 33.1 Å². The second kappa shape index (κ2) is 9.57. The lowest BCUT2D eigenvalue weighted by Crippen LogP contribution is -2.50. The highest BCUT2D eigenvalue weighted by Gasteiger charge is 2.33. The van der Waals surface area contributed by atoms with Gasteiger partial charge in [0.05, 0.1) is 4.75 Å². The van der Waals surface area contributed by atoms with E-state index in [4.69, 9.17) is 0 Å². The van der Waals surface area contributed by atoms with Crippen LogP contribution in [0.15, 0.2) is 4.99 Å². The third-order valence-corrected chi connectivity index (χ3v) is 7.61. The summed E-state index contributed by atoms with van der Waals surface area (Å²) in [6.07, 6.45) is 6.51. The molecule has 1 aliphatic heterocycles. The summed E-state index contributed by atoms with van der Waals surface area (Å²) in [7, 11) is -1.50. The van der Waals surface area contributed by atoms with E-state index < -0.39 is 14.6 Å². The monoisotopic (exact) mass is 500 g/mol. The molecule has 0 bridgehead atoms. The van der Waals surface area contributed by atoms with Crippen LogP contribution in [0.4, 0.5) is 0 Å². The average Bonchev–Trinajstić information content (AvgIpc) is 3.21. The van der Waals surface area contributed by atoms with E-state index >= 15 is 0 Å². The molecule has 2 rings (SSSR count). The van der Waals surface area contributed by atoms with Crippen LogP contribution < -0.4 is 10.6 Å². The number of halogens is 1. The Morgan fingerprint density at radius 2 is 1.85 bits per heavy atom. The number of nitrogens with one attached hydrogen (secondary N) is 2. The van der Waals surface area contributed by atoms with Gasteiger partial charge in [0.1, 0.15) is 0 Å². The van der Waals surface area contributed by atoms with Crippen LogP contribution >= 0.6 is 24.0 Å². The highest BCUT2D eigenvalue weighted by Crippen LogP contribution is 2.27. The summed E-state index contributed by atoms with van der Waals surface area (Å²) in [6, 6.07) is 0.151. The van der Waals surface area contributed by atoms with Gasteiger partial charge in [0.2, 0.25) is 5.91 Å². The number of amides is 1. The zero-order valence-corrected chi connectivity index (χ0v) is 19.4. The van der Waals surface area contributed by atoms with E-state index in [-0.39, 0.29) is 42.5 Å². The van der Waals surface area contributed by atoms with E-state index in [9.17, 15) is 13.2 Å². The number of likely N-dealkylation sites (tertiary alicyclic amines) is 1. The summed E-state index contributed by atoms with van der Waals surface area (Å²) in [6.45, 7) is 5.13. The minimum Gasteiger partial charge on any atom is -0.355 e. The molecule has 0 aromatic rings. The molecule has 9 heteroatoms. The zero-order valence-electron chi connectivity index (χ0n) is 16.2. The predicted octanol–water partition coefficient (Wildman–Crippen LogP) is 1.38. The highest BCUT2D eigenvalue weighted by atomic mass is 127. The van der Waals surface area contributed by atoms with Gasteiger partial charge in [-0.1, -0.05) is 12.8 Å². The van der Waals surface area contributed by atoms with Crippen LogP contribution in [0.5, 0.6) is 0 Å². The van der Waals surface area contributed by atoms with E-state index in [2.05, 4.69) is 15.6 Å². The molecule has 0 aromatic carbocycles. The van der Waals surface area contributed by atoms with E-state index in [1.807, 2.05) is 4.90 Å². The number of carbonyl (C=O) groups excluding carboxylic acids is 1. The zero-order chi connectivity index (χ0) is 18.7. The fraction of sp³-hybridized carbons (Fsp3) is 0.882. The first-order chi connectivity index (χ1) is 11.6. The molecule has 1 aliphatic carbocycles. The molecular weight excluding hydrogens is 467 g/mol. The van der Waals surface area contributed by atoms with Crippen molar-refractivity contribution in [3.05, 3.63) is 0 Å². The van der Waals surface area contributed by atoms with Gasteiger partial charge in [0.25, 0.3) is 0 Å². The molecule has 2 aliphatic rings. The Morgan fingerprint density at radius 3 is 2.38 bits per heavy atom. The van der Waals surface area contributed by atoms with Gasteiger partial charge in [-0.15, -0.1) is 24.0 Å². The third-order valence-electron chi connectivity index (χ3n) is 5.45. The summed E-state index contributed by atoms with van der Waals surface area (Å²) in [5, 5.41) is 6.41. The fourth-order valence-corrected chi connectivity index (χ4v) is 3.66. The minimum atomic E-state index is -3.16. The predicted molar refractivity (Wildman–Crippen MR) is 116 cm³/mol. The standard InChI is InChI=1S/C17H32N4O3S.HI/c1-17(2,25(4,23)24)12-19-16(18-3)20-14-9-10-21(11-14)15(22)13-7-5-6-8-13;/h13-14H,5-12H2,1-4H3,(H2,18,19,20);1H. The first kappa shape index (κ1) is 23.5. The number of carbonyl (C=O) groups is 1. The molecule has 1 heterocycles. The van der Waals surface area contributed by atoms with E-state index in [0.29, 0.717) is 18.4 Å². The van der Waals surface area contributed by atoms with Gasteiger partial charge in [-0.3, -0.25) is 9.79 Å². The molecule has 0 radical (unpaired) electrons. The first-order valence-corrected chi connectivity index (χ1v) is 11.0. The maximum absolute atomic E-state index is 12.5. The van der Waals surface area contributed by atoms with Crippen molar-refractivity contribution in [1.29, 1.82) is 0 Å². The van der Waals surface area contributed by atoms with Crippen molar-refractivity contribution < 1.29 is 13.2 Å². The van der Waals surface area contributed by atoms with Gasteiger partial charge < -0.3 is 15.5 Å². The topological polar surface area (TPSA) is 90.9 Å². The average molecular weight is 500 g/mol. The van der Waals surface area contributed by atoms with E-state index in [0.717, 1.165) is 25.8 Å². The van der Waals surface area contributed by atoms with Crippen molar-refractivity contribution in [3.63, 3.8) is 0 Å². The summed E-state index contributed by atoms with van der Waals surface area (Å²) in [5.41, 5.74) is 0. The SMILES string of the molecule is CN=C(NCC(C)(C)S(C)(=O)=O)NC1CCN(C(=O)C2CCCC2)C1.I. The highest BCUT2D eigenvalue weighted by molar-refractivity contribution is 14.0. The van der Waals surface area contributed by atoms with Crippen LogP contribution in [0.2, 0.25) is 0 Å². The van der Waals surface area contributed by atoms with Crippen molar-refractivity contribution in [3.8, 4) is 0 Å². The Hall–Kier alpha value is -0.580. The molecule has 1 saturated carbocycles. The second-order valence-corrected chi connectivity index (χ2v) is 10.5. The molecule has 7 nitrogen and oxygen atoms in total. The molecule has 1 saturated heterocycles. The van der Waals surface area contributed by atoms with Crippen molar-refractivity contribution in [2.24, 2.45) is 10.9 Å². The number of rotatable bonds is 5. The van der Waals surface area contributed by atoms with Gasteiger partial charge in [0.15, 0.2) is 15.8 Å². The van der Waals surface area contributed by atoms with Crippen LogP contribution in [-0.2, 0) is 14.6 Å². The third kappa shape index (κ3) is 5.97. The Kier molecular flexibility index (Phi) is 8.63. The van der Waals surface area contributed by atoms with Gasteiger partial charge in [-0.2, -0.15) is 0 Å². The molecule has 0 spiro atoms. The molecule has 26 heavy (non-hydrogen) atoms. The maximum atomic E-state index is 12.5. The smallest absolute Gasteiger partial charge is 0.225 e. The van der Waals surface area contributed by atoms with Crippen molar-refractivity contribution in [2.75, 3.05) is 32.9 Å². The number of nitrogens with zero attached hydrogens (tertiary/aromatic N) is 2. The van der Waals surface area contributed by atoms with Gasteiger partial charge in [-0.25, -0.2) is 8.42 Å². The van der Waals surface area contributed by atoms with Crippen LogP contribution in [0, 0.1) is 5.92 Å². The Morgan fingerprint density at radius 1 is 1.23 bits per heavy atom. The summed E-state index contributed by atoms with van der Waals surface area (Å²) in [5.74, 6) is 1.09. The molecule has 1 unspecified atom stereocenters. The molecule has 2 N–H and O–H groups in total. The lowest BCUT2D eigenvalue weighted by molar-refractivity contribution is -0.134. The number of aliphatic imine (C=N–C) groups is 1. The molecule has 1 atom stereocenters. The van der Waals surface area contributed by atoms with Gasteiger partial charge in [0, 0.05) is 44.9 Å². The lowest BCUT2D eigenvalue weighted by Gasteiger charge is -2.25. The second-order valence-electron chi connectivity index (χ2n) is 7.85. The number of sulfone groups is 1. The largest absolute Gasteiger partial charge is 0.355 e. The van der Waals surface area contributed by atoms with E-state index in [1.165, 1.54) is 19.1 Å². The molecule has 2 fully saturated rings.